The molecule has 0 heterocycles. The van der Waals surface area contributed by atoms with Gasteiger partial charge in [-0.25, -0.2) is 0 Å². The normalized spacial score (nSPS) is 24.6. The Morgan fingerprint density at radius 1 is 1.05 bits per heavy atom. The van der Waals surface area contributed by atoms with Gasteiger partial charge in [0.1, 0.15) is 0 Å². The van der Waals surface area contributed by atoms with Crippen LogP contribution in [0.4, 0.5) is 0 Å². The molecular formula is C19H40N2. The highest BCUT2D eigenvalue weighted by atomic mass is 15.1. The van der Waals surface area contributed by atoms with Crippen LogP contribution in [-0.2, 0) is 0 Å². The van der Waals surface area contributed by atoms with Crippen molar-refractivity contribution in [2.45, 2.75) is 91.6 Å². The molecule has 0 bridgehead atoms. The van der Waals surface area contributed by atoms with Gasteiger partial charge in [0.05, 0.1) is 0 Å². The Kier molecular flexibility index (Phi) is 7.19. The molecule has 126 valence electrons. The number of nitrogens with zero attached hydrogens (tertiary/aromatic N) is 1. The quantitative estimate of drug-likeness (QED) is 0.733. The largest absolute Gasteiger partial charge is 0.311 e. The second-order valence-electron chi connectivity index (χ2n) is 8.55. The maximum Gasteiger partial charge on any atom is 0.0118 e. The van der Waals surface area contributed by atoms with Crippen LogP contribution in [0.15, 0.2) is 0 Å². The summed E-state index contributed by atoms with van der Waals surface area (Å²) in [5.74, 6) is 0.866. The Hall–Kier alpha value is -0.0800. The van der Waals surface area contributed by atoms with Gasteiger partial charge in [0.15, 0.2) is 0 Å². The highest BCUT2D eigenvalue weighted by Crippen LogP contribution is 2.32. The molecule has 0 aromatic carbocycles. The van der Waals surface area contributed by atoms with Gasteiger partial charge in [0.25, 0.3) is 0 Å². The van der Waals surface area contributed by atoms with E-state index in [4.69, 9.17) is 0 Å². The van der Waals surface area contributed by atoms with Crippen LogP contribution in [0.3, 0.4) is 0 Å². The van der Waals surface area contributed by atoms with Crippen molar-refractivity contribution in [2.24, 2.45) is 11.3 Å². The number of rotatable bonds is 7. The zero-order chi connectivity index (χ0) is 16.1. The van der Waals surface area contributed by atoms with Crippen LogP contribution in [0.1, 0.15) is 80.1 Å². The predicted molar refractivity (Wildman–Crippen MR) is 94.8 cm³/mol. The first-order valence-electron chi connectivity index (χ1n) is 9.18. The molecule has 0 amide bonds. The first kappa shape index (κ1) is 19.0. The summed E-state index contributed by atoms with van der Waals surface area (Å²) in [6, 6.07) is 0.797. The average molecular weight is 297 g/mol. The van der Waals surface area contributed by atoms with Crippen LogP contribution in [0.5, 0.6) is 0 Å². The molecule has 1 aliphatic rings. The molecule has 1 N–H and O–H groups in total. The van der Waals surface area contributed by atoms with Crippen molar-refractivity contribution in [2.75, 3.05) is 20.1 Å². The molecule has 0 aromatic rings. The van der Waals surface area contributed by atoms with Crippen LogP contribution in [0.2, 0.25) is 0 Å². The SMILES string of the molecule is CCC(CC)(CNC(C)(C)C)CN(C)C1CCCCC1C. The summed E-state index contributed by atoms with van der Waals surface area (Å²) in [6.07, 6.45) is 8.19. The fourth-order valence-corrected chi connectivity index (χ4v) is 3.83. The van der Waals surface area contributed by atoms with Gasteiger partial charge >= 0.3 is 0 Å². The first-order chi connectivity index (χ1) is 9.73. The van der Waals surface area contributed by atoms with Gasteiger partial charge in [-0.2, -0.15) is 0 Å². The molecule has 2 heteroatoms. The second-order valence-corrected chi connectivity index (χ2v) is 8.55. The average Bonchev–Trinajstić information content (AvgIpc) is 2.43. The van der Waals surface area contributed by atoms with Gasteiger partial charge < -0.3 is 10.2 Å². The van der Waals surface area contributed by atoms with Crippen LogP contribution in [-0.4, -0.2) is 36.6 Å². The van der Waals surface area contributed by atoms with Crippen LogP contribution in [0, 0.1) is 11.3 Å². The summed E-state index contributed by atoms with van der Waals surface area (Å²) in [5, 5.41) is 3.76. The van der Waals surface area contributed by atoms with E-state index in [1.165, 1.54) is 45.1 Å². The maximum atomic E-state index is 3.76. The van der Waals surface area contributed by atoms with E-state index in [1.807, 2.05) is 0 Å². The molecule has 0 aromatic heterocycles. The standard InChI is InChI=1S/C19H40N2/c1-8-19(9-2,14-20-18(4,5)6)15-21(7)17-13-11-10-12-16(17)3/h16-17,20H,8-15H2,1-7H3. The Labute approximate surface area is 134 Å². The highest BCUT2D eigenvalue weighted by molar-refractivity contribution is 4.88. The van der Waals surface area contributed by atoms with Crippen molar-refractivity contribution in [1.82, 2.24) is 10.2 Å². The van der Waals surface area contributed by atoms with E-state index in [0.717, 1.165) is 18.5 Å². The molecule has 2 nitrogen and oxygen atoms in total. The Bertz CT molecular complexity index is 288. The van der Waals surface area contributed by atoms with Gasteiger partial charge in [0, 0.05) is 24.7 Å². The van der Waals surface area contributed by atoms with Gasteiger partial charge in [-0.15, -0.1) is 0 Å². The van der Waals surface area contributed by atoms with Gasteiger partial charge in [-0.3, -0.25) is 0 Å². The topological polar surface area (TPSA) is 15.3 Å². The Morgan fingerprint density at radius 3 is 2.10 bits per heavy atom. The lowest BCUT2D eigenvalue weighted by Gasteiger charge is -2.43. The third-order valence-electron chi connectivity index (χ3n) is 5.71. The van der Waals surface area contributed by atoms with E-state index in [0.29, 0.717) is 5.41 Å². The van der Waals surface area contributed by atoms with E-state index < -0.39 is 0 Å². The minimum absolute atomic E-state index is 0.215. The van der Waals surface area contributed by atoms with Crippen molar-refractivity contribution < 1.29 is 0 Å². The molecule has 0 spiro atoms. The molecule has 0 saturated heterocycles. The summed E-state index contributed by atoms with van der Waals surface area (Å²) >= 11 is 0. The lowest BCUT2D eigenvalue weighted by Crippen LogP contribution is -2.50. The first-order valence-corrected chi connectivity index (χ1v) is 9.18. The van der Waals surface area contributed by atoms with E-state index in [1.54, 1.807) is 0 Å². The molecular weight excluding hydrogens is 256 g/mol. The third kappa shape index (κ3) is 5.90. The molecule has 1 fully saturated rings. The van der Waals surface area contributed by atoms with Crippen LogP contribution >= 0.6 is 0 Å². The highest BCUT2D eigenvalue weighted by Gasteiger charge is 2.33. The van der Waals surface area contributed by atoms with Crippen molar-refractivity contribution >= 4 is 0 Å². The van der Waals surface area contributed by atoms with Crippen molar-refractivity contribution in [3.63, 3.8) is 0 Å². The number of hydrogen-bond acceptors (Lipinski definition) is 2. The fraction of sp³-hybridized carbons (Fsp3) is 1.00. The van der Waals surface area contributed by atoms with E-state index >= 15 is 0 Å². The zero-order valence-corrected chi connectivity index (χ0v) is 15.8. The van der Waals surface area contributed by atoms with Crippen molar-refractivity contribution in [3.05, 3.63) is 0 Å². The fourth-order valence-electron chi connectivity index (χ4n) is 3.83. The summed E-state index contributed by atoms with van der Waals surface area (Å²) in [6.45, 7) is 16.4. The molecule has 0 radical (unpaired) electrons. The van der Waals surface area contributed by atoms with Gasteiger partial charge in [-0.05, 0) is 64.8 Å². The molecule has 1 aliphatic carbocycles. The monoisotopic (exact) mass is 296 g/mol. The molecule has 2 atom stereocenters. The van der Waals surface area contributed by atoms with Crippen molar-refractivity contribution in [1.29, 1.82) is 0 Å². The van der Waals surface area contributed by atoms with Crippen molar-refractivity contribution in [3.8, 4) is 0 Å². The van der Waals surface area contributed by atoms with Gasteiger partial charge in [-0.1, -0.05) is 33.6 Å². The van der Waals surface area contributed by atoms with Crippen LogP contribution < -0.4 is 5.32 Å². The molecule has 21 heavy (non-hydrogen) atoms. The smallest absolute Gasteiger partial charge is 0.0118 e. The zero-order valence-electron chi connectivity index (χ0n) is 15.8. The summed E-state index contributed by atoms with van der Waals surface area (Å²) in [5.41, 5.74) is 0.630. The second kappa shape index (κ2) is 7.97. The summed E-state index contributed by atoms with van der Waals surface area (Å²) in [7, 11) is 2.36. The number of hydrogen-bond donors (Lipinski definition) is 1. The van der Waals surface area contributed by atoms with E-state index in [9.17, 15) is 0 Å². The molecule has 0 aliphatic heterocycles. The predicted octanol–water partition coefficient (Wildman–Crippen LogP) is 4.69. The molecule has 1 saturated carbocycles. The summed E-state index contributed by atoms with van der Waals surface area (Å²) in [4.78, 5) is 2.68. The van der Waals surface area contributed by atoms with Gasteiger partial charge in [0.2, 0.25) is 0 Å². The minimum Gasteiger partial charge on any atom is -0.311 e. The Balaban J connectivity index is 2.67. The number of nitrogens with one attached hydrogen (secondary N) is 1. The van der Waals surface area contributed by atoms with Crippen LogP contribution in [0.25, 0.3) is 0 Å². The third-order valence-corrected chi connectivity index (χ3v) is 5.71. The maximum absolute atomic E-state index is 3.76. The van der Waals surface area contributed by atoms with E-state index in [-0.39, 0.29) is 5.54 Å². The minimum atomic E-state index is 0.215. The van der Waals surface area contributed by atoms with E-state index in [2.05, 4.69) is 58.8 Å². The molecule has 2 unspecified atom stereocenters. The Morgan fingerprint density at radius 2 is 1.62 bits per heavy atom. The lowest BCUT2D eigenvalue weighted by atomic mass is 9.79. The summed E-state index contributed by atoms with van der Waals surface area (Å²) < 4.78 is 0. The lowest BCUT2D eigenvalue weighted by molar-refractivity contribution is 0.0732. The molecule has 1 rings (SSSR count).